The maximum atomic E-state index is 11.6. The van der Waals surface area contributed by atoms with E-state index in [1.807, 2.05) is 6.92 Å². The van der Waals surface area contributed by atoms with Crippen molar-refractivity contribution in [2.45, 2.75) is 12.8 Å². The maximum absolute atomic E-state index is 11.6. The first-order valence-electron chi connectivity index (χ1n) is 5.19. The van der Waals surface area contributed by atoms with E-state index >= 15 is 0 Å². The first-order chi connectivity index (χ1) is 8.08. The minimum absolute atomic E-state index is 0.156. The SMILES string of the molecule is CC(c1ccc(O)cc1)c1c[nH]c(=O)[nH]c1=O. The van der Waals surface area contributed by atoms with Crippen LogP contribution in [0.25, 0.3) is 0 Å². The van der Waals surface area contributed by atoms with Gasteiger partial charge in [-0.25, -0.2) is 4.79 Å². The van der Waals surface area contributed by atoms with E-state index in [4.69, 9.17) is 0 Å². The smallest absolute Gasteiger partial charge is 0.325 e. The van der Waals surface area contributed by atoms with Gasteiger partial charge in [0.1, 0.15) is 5.75 Å². The van der Waals surface area contributed by atoms with Gasteiger partial charge in [-0.15, -0.1) is 0 Å². The summed E-state index contributed by atoms with van der Waals surface area (Å²) in [6, 6.07) is 6.60. The number of nitrogens with one attached hydrogen (secondary N) is 2. The van der Waals surface area contributed by atoms with Crippen molar-refractivity contribution in [2.24, 2.45) is 0 Å². The molecule has 1 aromatic carbocycles. The average molecular weight is 232 g/mol. The molecule has 0 bridgehead atoms. The highest BCUT2D eigenvalue weighted by molar-refractivity contribution is 5.33. The molecule has 0 fully saturated rings. The highest BCUT2D eigenvalue weighted by atomic mass is 16.3. The van der Waals surface area contributed by atoms with Crippen molar-refractivity contribution in [1.82, 2.24) is 9.97 Å². The summed E-state index contributed by atoms with van der Waals surface area (Å²) < 4.78 is 0. The lowest BCUT2D eigenvalue weighted by Gasteiger charge is -2.10. The van der Waals surface area contributed by atoms with E-state index in [1.165, 1.54) is 6.20 Å². The van der Waals surface area contributed by atoms with Gasteiger partial charge in [-0.3, -0.25) is 9.78 Å². The number of aromatic hydroxyl groups is 1. The predicted molar refractivity (Wildman–Crippen MR) is 63.3 cm³/mol. The second kappa shape index (κ2) is 4.29. The number of hydrogen-bond acceptors (Lipinski definition) is 3. The van der Waals surface area contributed by atoms with Crippen molar-refractivity contribution < 1.29 is 5.11 Å². The van der Waals surface area contributed by atoms with Gasteiger partial charge in [0.25, 0.3) is 5.56 Å². The normalized spacial score (nSPS) is 12.3. The molecule has 88 valence electrons. The van der Waals surface area contributed by atoms with Gasteiger partial charge in [0.2, 0.25) is 0 Å². The van der Waals surface area contributed by atoms with Crippen molar-refractivity contribution in [2.75, 3.05) is 0 Å². The van der Waals surface area contributed by atoms with Crippen LogP contribution in [0.2, 0.25) is 0 Å². The molecule has 0 spiro atoms. The van der Waals surface area contributed by atoms with Crippen molar-refractivity contribution in [3.63, 3.8) is 0 Å². The van der Waals surface area contributed by atoms with Crippen LogP contribution in [0.4, 0.5) is 0 Å². The van der Waals surface area contributed by atoms with Gasteiger partial charge >= 0.3 is 5.69 Å². The quantitative estimate of drug-likeness (QED) is 0.719. The Hall–Kier alpha value is -2.30. The molecule has 1 heterocycles. The molecule has 1 atom stereocenters. The Balaban J connectivity index is 2.43. The Morgan fingerprint density at radius 3 is 2.41 bits per heavy atom. The number of benzene rings is 1. The van der Waals surface area contributed by atoms with Crippen LogP contribution in [0.5, 0.6) is 5.75 Å². The molecule has 2 rings (SSSR count). The molecule has 0 saturated heterocycles. The number of aromatic amines is 2. The molecular formula is C12H12N2O3. The average Bonchev–Trinajstić information content (AvgIpc) is 2.29. The molecular weight excluding hydrogens is 220 g/mol. The molecule has 0 aliphatic carbocycles. The van der Waals surface area contributed by atoms with Crippen LogP contribution >= 0.6 is 0 Å². The molecule has 1 aromatic heterocycles. The molecule has 0 amide bonds. The van der Waals surface area contributed by atoms with E-state index in [1.54, 1.807) is 24.3 Å². The topological polar surface area (TPSA) is 85.9 Å². The van der Waals surface area contributed by atoms with Gasteiger partial charge in [0.05, 0.1) is 0 Å². The summed E-state index contributed by atoms with van der Waals surface area (Å²) >= 11 is 0. The molecule has 3 N–H and O–H groups in total. The molecule has 2 aromatic rings. The standard InChI is InChI=1S/C12H12N2O3/c1-7(8-2-4-9(15)5-3-8)10-6-13-12(17)14-11(10)16/h2-7,15H,1H3,(H2,13,14,16,17). The largest absolute Gasteiger partial charge is 0.508 e. The van der Waals surface area contributed by atoms with Crippen molar-refractivity contribution >= 4 is 0 Å². The van der Waals surface area contributed by atoms with Gasteiger partial charge in [0.15, 0.2) is 0 Å². The van der Waals surface area contributed by atoms with E-state index in [0.717, 1.165) is 5.56 Å². The first kappa shape index (κ1) is 11.2. The van der Waals surface area contributed by atoms with E-state index < -0.39 is 11.2 Å². The Bertz CT molecular complexity index is 625. The van der Waals surface area contributed by atoms with Gasteiger partial charge < -0.3 is 10.1 Å². The summed E-state index contributed by atoms with van der Waals surface area (Å²) in [5.74, 6) is 0.0209. The summed E-state index contributed by atoms with van der Waals surface area (Å²) in [5, 5.41) is 9.18. The Morgan fingerprint density at radius 1 is 1.18 bits per heavy atom. The highest BCUT2D eigenvalue weighted by Crippen LogP contribution is 2.22. The number of hydrogen-bond donors (Lipinski definition) is 3. The van der Waals surface area contributed by atoms with E-state index in [-0.39, 0.29) is 11.7 Å². The molecule has 0 radical (unpaired) electrons. The number of rotatable bonds is 2. The summed E-state index contributed by atoms with van der Waals surface area (Å²) in [7, 11) is 0. The van der Waals surface area contributed by atoms with Crippen molar-refractivity contribution in [1.29, 1.82) is 0 Å². The predicted octanol–water partition coefficient (Wildman–Crippen LogP) is 0.921. The zero-order valence-electron chi connectivity index (χ0n) is 9.23. The summed E-state index contributed by atoms with van der Waals surface area (Å²) in [6.45, 7) is 1.86. The van der Waals surface area contributed by atoms with E-state index in [2.05, 4.69) is 9.97 Å². The minimum Gasteiger partial charge on any atom is -0.508 e. The van der Waals surface area contributed by atoms with Gasteiger partial charge in [-0.05, 0) is 17.7 Å². The van der Waals surface area contributed by atoms with E-state index in [9.17, 15) is 14.7 Å². The van der Waals surface area contributed by atoms with Crippen LogP contribution in [0, 0.1) is 0 Å². The monoisotopic (exact) mass is 232 g/mol. The van der Waals surface area contributed by atoms with Crippen LogP contribution in [0.3, 0.4) is 0 Å². The third-order valence-electron chi connectivity index (χ3n) is 2.71. The number of phenolic OH excluding ortho intramolecular Hbond substituents is 1. The fourth-order valence-corrected chi connectivity index (χ4v) is 1.68. The lowest BCUT2D eigenvalue weighted by atomic mass is 9.95. The highest BCUT2D eigenvalue weighted by Gasteiger charge is 2.12. The third kappa shape index (κ3) is 2.28. The number of H-pyrrole nitrogens is 2. The summed E-state index contributed by atoms with van der Waals surface area (Å²) in [4.78, 5) is 27.1. The zero-order valence-corrected chi connectivity index (χ0v) is 9.23. The second-order valence-electron chi connectivity index (χ2n) is 3.84. The van der Waals surface area contributed by atoms with Gasteiger partial charge in [-0.2, -0.15) is 0 Å². The van der Waals surface area contributed by atoms with Gasteiger partial charge in [-0.1, -0.05) is 19.1 Å². The number of phenols is 1. The molecule has 5 heteroatoms. The fourth-order valence-electron chi connectivity index (χ4n) is 1.68. The van der Waals surface area contributed by atoms with E-state index in [0.29, 0.717) is 5.56 Å². The Morgan fingerprint density at radius 2 is 1.82 bits per heavy atom. The molecule has 0 aliphatic heterocycles. The summed E-state index contributed by atoms with van der Waals surface area (Å²) in [6.07, 6.45) is 1.42. The molecule has 0 aliphatic rings. The first-order valence-corrected chi connectivity index (χ1v) is 5.19. The maximum Gasteiger partial charge on any atom is 0.325 e. The second-order valence-corrected chi connectivity index (χ2v) is 3.84. The van der Waals surface area contributed by atoms with Crippen molar-refractivity contribution in [3.8, 4) is 5.75 Å². The van der Waals surface area contributed by atoms with Gasteiger partial charge in [0, 0.05) is 17.7 Å². The van der Waals surface area contributed by atoms with Crippen molar-refractivity contribution in [3.05, 3.63) is 62.4 Å². The minimum atomic E-state index is -0.517. The third-order valence-corrected chi connectivity index (χ3v) is 2.71. The van der Waals surface area contributed by atoms with Crippen LogP contribution < -0.4 is 11.2 Å². The van der Waals surface area contributed by atoms with Crippen LogP contribution in [-0.4, -0.2) is 15.1 Å². The molecule has 0 saturated carbocycles. The fraction of sp³-hybridized carbons (Fsp3) is 0.167. The summed E-state index contributed by atoms with van der Waals surface area (Å²) in [5.41, 5.74) is 0.460. The molecule has 17 heavy (non-hydrogen) atoms. The molecule has 1 unspecified atom stereocenters. The Kier molecular flexibility index (Phi) is 2.82. The lowest BCUT2D eigenvalue weighted by molar-refractivity contribution is 0.475. The van der Waals surface area contributed by atoms with Crippen LogP contribution in [-0.2, 0) is 0 Å². The lowest BCUT2D eigenvalue weighted by Crippen LogP contribution is -2.25. The van der Waals surface area contributed by atoms with Crippen LogP contribution in [0.15, 0.2) is 40.1 Å². The zero-order chi connectivity index (χ0) is 12.4. The van der Waals surface area contributed by atoms with Crippen LogP contribution in [0.1, 0.15) is 24.0 Å². The number of aromatic nitrogens is 2. The Labute approximate surface area is 96.8 Å². The molecule has 5 nitrogen and oxygen atoms in total.